The SMILES string of the molecule is CCCCCCCCCCCCCCCC(=O)O[C@@]1(CO)O[C@@H](O)[C@H](O)[C@H](O)[C@@H]1O[C@@H]1O[C@H](O)[C@@H](O)[C@H](O)[C@H]1O. The Kier molecular flexibility index (Phi) is 15.7. The van der Waals surface area contributed by atoms with Crippen molar-refractivity contribution in [2.24, 2.45) is 0 Å². The second-order valence-electron chi connectivity index (χ2n) is 10.8. The maximum Gasteiger partial charge on any atom is 0.308 e. The number of hydrogen-bond acceptors (Lipinski definition) is 13. The van der Waals surface area contributed by atoms with Crippen LogP contribution in [0.2, 0.25) is 0 Å². The van der Waals surface area contributed by atoms with Crippen LogP contribution in [0.5, 0.6) is 0 Å². The molecule has 40 heavy (non-hydrogen) atoms. The fourth-order valence-electron chi connectivity index (χ4n) is 4.99. The monoisotopic (exact) mass is 582 g/mol. The molecule has 10 atom stereocenters. The Balaban J connectivity index is 1.82. The number of carbonyl (C=O) groups excluding carboxylic acids is 1. The van der Waals surface area contributed by atoms with Crippen LogP contribution in [0.4, 0.5) is 0 Å². The Hall–Kier alpha value is -0.970. The van der Waals surface area contributed by atoms with Crippen LogP contribution in [0.3, 0.4) is 0 Å². The van der Waals surface area contributed by atoms with Gasteiger partial charge in [-0.1, -0.05) is 84.0 Å². The first-order valence-corrected chi connectivity index (χ1v) is 14.7. The maximum atomic E-state index is 12.6. The minimum Gasteiger partial charge on any atom is -0.427 e. The second kappa shape index (κ2) is 17.9. The standard InChI is InChI=1S/C27H50O13/c1-2-3-4-5-6-7-8-9-10-11-12-13-14-15-17(29)39-27(16-28)23(19(31)21(33)25(36)40-27)37-26-22(34)18(30)20(32)24(35)38-26/h18-26,28,30-36H,2-16H2,1H3/t18-,19-,20-,21+,22+,23-,24-,25+,26+,27-/m0/s1. The highest BCUT2D eigenvalue weighted by Crippen LogP contribution is 2.35. The highest BCUT2D eigenvalue weighted by atomic mass is 16.8. The molecule has 13 heteroatoms. The van der Waals surface area contributed by atoms with Crippen molar-refractivity contribution in [3.8, 4) is 0 Å². The third-order valence-electron chi connectivity index (χ3n) is 7.52. The number of esters is 1. The molecule has 0 bridgehead atoms. The van der Waals surface area contributed by atoms with Crippen molar-refractivity contribution in [3.05, 3.63) is 0 Å². The molecule has 236 valence electrons. The number of hydrogen-bond donors (Lipinski definition) is 8. The number of rotatable bonds is 18. The van der Waals surface area contributed by atoms with Crippen molar-refractivity contribution in [3.63, 3.8) is 0 Å². The molecule has 2 fully saturated rings. The lowest BCUT2D eigenvalue weighted by Gasteiger charge is -2.49. The van der Waals surface area contributed by atoms with Crippen molar-refractivity contribution >= 4 is 5.97 Å². The van der Waals surface area contributed by atoms with E-state index < -0.39 is 73.9 Å². The molecule has 2 rings (SSSR count). The Labute approximate surface area is 235 Å². The first-order chi connectivity index (χ1) is 19.1. The number of aliphatic hydroxyl groups is 8. The van der Waals surface area contributed by atoms with E-state index in [-0.39, 0.29) is 6.42 Å². The van der Waals surface area contributed by atoms with Gasteiger partial charge in [-0.25, -0.2) is 0 Å². The largest absolute Gasteiger partial charge is 0.427 e. The third-order valence-corrected chi connectivity index (χ3v) is 7.52. The minimum atomic E-state index is -2.51. The molecule has 2 aliphatic heterocycles. The van der Waals surface area contributed by atoms with Crippen LogP contribution >= 0.6 is 0 Å². The van der Waals surface area contributed by atoms with E-state index in [1.165, 1.54) is 51.4 Å². The summed E-state index contributed by atoms with van der Waals surface area (Å²) in [6, 6.07) is 0. The highest BCUT2D eigenvalue weighted by molar-refractivity contribution is 5.69. The Bertz CT molecular complexity index is 712. The molecule has 2 heterocycles. The van der Waals surface area contributed by atoms with Gasteiger partial charge >= 0.3 is 5.97 Å². The molecular formula is C27H50O13. The molecule has 0 spiro atoms. The molecule has 0 unspecified atom stereocenters. The molecule has 13 nitrogen and oxygen atoms in total. The highest BCUT2D eigenvalue weighted by Gasteiger charge is 2.59. The van der Waals surface area contributed by atoms with E-state index in [0.717, 1.165) is 25.7 Å². The van der Waals surface area contributed by atoms with Crippen LogP contribution < -0.4 is 0 Å². The lowest BCUT2D eigenvalue weighted by atomic mass is 9.95. The Morgan fingerprint density at radius 1 is 0.675 bits per heavy atom. The molecule has 2 saturated heterocycles. The minimum absolute atomic E-state index is 0.0590. The molecule has 2 aliphatic rings. The predicted octanol–water partition coefficient (Wildman–Crippen LogP) is -0.0875. The zero-order chi connectivity index (χ0) is 29.7. The first-order valence-electron chi connectivity index (χ1n) is 14.7. The average molecular weight is 583 g/mol. The number of ether oxygens (including phenoxy) is 4. The van der Waals surface area contributed by atoms with Crippen LogP contribution in [0.25, 0.3) is 0 Å². The molecular weight excluding hydrogens is 532 g/mol. The van der Waals surface area contributed by atoms with Gasteiger partial charge in [0.05, 0.1) is 0 Å². The van der Waals surface area contributed by atoms with E-state index in [1.54, 1.807) is 0 Å². The number of aliphatic hydroxyl groups excluding tert-OH is 8. The fourth-order valence-corrected chi connectivity index (χ4v) is 4.99. The molecule has 0 saturated carbocycles. The Morgan fingerprint density at radius 3 is 1.70 bits per heavy atom. The Morgan fingerprint density at radius 2 is 1.18 bits per heavy atom. The van der Waals surface area contributed by atoms with Gasteiger partial charge in [-0.2, -0.15) is 0 Å². The van der Waals surface area contributed by atoms with Gasteiger partial charge in [0.2, 0.25) is 0 Å². The van der Waals surface area contributed by atoms with E-state index >= 15 is 0 Å². The van der Waals surface area contributed by atoms with Crippen LogP contribution in [0.15, 0.2) is 0 Å². The average Bonchev–Trinajstić information content (AvgIpc) is 2.93. The molecule has 0 radical (unpaired) electrons. The van der Waals surface area contributed by atoms with E-state index in [2.05, 4.69) is 6.92 Å². The smallest absolute Gasteiger partial charge is 0.308 e. The zero-order valence-corrected chi connectivity index (χ0v) is 23.4. The van der Waals surface area contributed by atoms with Crippen LogP contribution in [0, 0.1) is 0 Å². The molecule has 0 aromatic heterocycles. The van der Waals surface area contributed by atoms with E-state index in [0.29, 0.717) is 6.42 Å². The van der Waals surface area contributed by atoms with Crippen molar-refractivity contribution in [2.45, 2.75) is 158 Å². The molecule has 8 N–H and O–H groups in total. The molecule has 0 amide bonds. The number of carbonyl (C=O) groups is 1. The van der Waals surface area contributed by atoms with E-state index in [9.17, 15) is 45.6 Å². The van der Waals surface area contributed by atoms with Gasteiger partial charge in [0.1, 0.15) is 37.1 Å². The quantitative estimate of drug-likeness (QED) is 0.0784. The van der Waals surface area contributed by atoms with Gasteiger partial charge in [0.25, 0.3) is 5.79 Å². The van der Waals surface area contributed by atoms with Gasteiger partial charge in [-0.15, -0.1) is 0 Å². The van der Waals surface area contributed by atoms with Crippen LogP contribution in [-0.4, -0.2) is 115 Å². The van der Waals surface area contributed by atoms with Gasteiger partial charge in [0, 0.05) is 6.42 Å². The molecule has 0 aromatic carbocycles. The number of unbranched alkanes of at least 4 members (excludes halogenated alkanes) is 12. The van der Waals surface area contributed by atoms with Crippen molar-refractivity contribution in [1.29, 1.82) is 0 Å². The topological polar surface area (TPSA) is 216 Å². The van der Waals surface area contributed by atoms with Gasteiger partial charge in [-0.3, -0.25) is 4.79 Å². The summed E-state index contributed by atoms with van der Waals surface area (Å²) in [6.45, 7) is 1.09. The second-order valence-corrected chi connectivity index (χ2v) is 10.8. The summed E-state index contributed by atoms with van der Waals surface area (Å²) in [5.41, 5.74) is 0. The summed E-state index contributed by atoms with van der Waals surface area (Å²) in [4.78, 5) is 12.6. The molecule has 0 aliphatic carbocycles. The summed E-state index contributed by atoms with van der Waals surface area (Å²) >= 11 is 0. The first kappa shape index (κ1) is 35.2. The fraction of sp³-hybridized carbons (Fsp3) is 0.963. The third kappa shape index (κ3) is 10.1. The summed E-state index contributed by atoms with van der Waals surface area (Å²) in [7, 11) is 0. The van der Waals surface area contributed by atoms with E-state index in [1.807, 2.05) is 0 Å². The van der Waals surface area contributed by atoms with E-state index in [4.69, 9.17) is 18.9 Å². The van der Waals surface area contributed by atoms with Crippen molar-refractivity contribution < 1.29 is 64.6 Å². The van der Waals surface area contributed by atoms with Crippen molar-refractivity contribution in [2.75, 3.05) is 6.61 Å². The van der Waals surface area contributed by atoms with Crippen LogP contribution in [-0.2, 0) is 23.7 Å². The van der Waals surface area contributed by atoms with Gasteiger partial charge in [-0.05, 0) is 6.42 Å². The normalized spacial score (nSPS) is 36.5. The lowest BCUT2D eigenvalue weighted by molar-refractivity contribution is -0.427. The van der Waals surface area contributed by atoms with Crippen molar-refractivity contribution in [1.82, 2.24) is 0 Å². The van der Waals surface area contributed by atoms with Gasteiger partial charge in [0.15, 0.2) is 25.0 Å². The van der Waals surface area contributed by atoms with Crippen LogP contribution in [0.1, 0.15) is 96.8 Å². The molecule has 0 aromatic rings. The lowest BCUT2D eigenvalue weighted by Crippen LogP contribution is -2.70. The maximum absolute atomic E-state index is 12.6. The predicted molar refractivity (Wildman–Crippen MR) is 139 cm³/mol. The summed E-state index contributed by atoms with van der Waals surface area (Å²) in [5, 5.41) is 80.3. The summed E-state index contributed by atoms with van der Waals surface area (Å²) in [6.07, 6.45) is -3.08. The summed E-state index contributed by atoms with van der Waals surface area (Å²) < 4.78 is 20.8. The zero-order valence-electron chi connectivity index (χ0n) is 23.4. The summed E-state index contributed by atoms with van der Waals surface area (Å²) in [5.74, 6) is -3.34. The van der Waals surface area contributed by atoms with Gasteiger partial charge < -0.3 is 59.8 Å².